The minimum atomic E-state index is -0.978. The Kier molecular flexibility index (Phi) is 38.2. The highest BCUT2D eigenvalue weighted by Crippen LogP contribution is 2.53. The van der Waals surface area contributed by atoms with Crippen LogP contribution in [0.4, 0.5) is 21.0 Å². The van der Waals surface area contributed by atoms with Crippen LogP contribution in [-0.2, 0) is 33.3 Å². The number of hydrogen-bond acceptors (Lipinski definition) is 22. The van der Waals surface area contributed by atoms with E-state index in [0.29, 0.717) is 94.8 Å². The van der Waals surface area contributed by atoms with E-state index < -0.39 is 21.4 Å². The Hall–Kier alpha value is -4.74. The second-order valence-electron chi connectivity index (χ2n) is 17.6. The van der Waals surface area contributed by atoms with Gasteiger partial charge in [0.15, 0.2) is 0 Å². The first kappa shape index (κ1) is 69.5. The molecule has 0 aliphatic heterocycles. The van der Waals surface area contributed by atoms with Gasteiger partial charge in [-0.15, -0.1) is 23.7 Å². The van der Waals surface area contributed by atoms with Crippen LogP contribution in [0.3, 0.4) is 0 Å². The van der Waals surface area contributed by atoms with Crippen molar-refractivity contribution in [3.63, 3.8) is 0 Å². The molecule has 1 radical (unpaired) electrons. The molecule has 0 saturated heterocycles. The van der Waals surface area contributed by atoms with Gasteiger partial charge in [0.05, 0.1) is 42.9 Å². The van der Waals surface area contributed by atoms with Crippen molar-refractivity contribution in [2.24, 2.45) is 40.3 Å². The van der Waals surface area contributed by atoms with E-state index in [-0.39, 0.29) is 48.0 Å². The summed E-state index contributed by atoms with van der Waals surface area (Å²) in [6.45, 7) is 5.84. The fraction of sp³-hybridized carbons (Fsp3) is 0.604. The van der Waals surface area contributed by atoms with Crippen molar-refractivity contribution < 1.29 is 67.3 Å². The Morgan fingerprint density at radius 3 is 1.48 bits per heavy atom. The lowest BCUT2D eigenvalue weighted by molar-refractivity contribution is -0.385. The third-order valence-corrected chi connectivity index (χ3v) is 17.3. The average molecular weight is 1220 g/mol. The number of carbonyl (C=O) groups is 4. The maximum absolute atomic E-state index is 12.0. The van der Waals surface area contributed by atoms with Gasteiger partial charge in [0.25, 0.3) is 18.7 Å². The molecule has 0 aromatic heterocycles. The summed E-state index contributed by atoms with van der Waals surface area (Å²) in [5.74, 6) is 21.7. The van der Waals surface area contributed by atoms with Gasteiger partial charge >= 0.3 is 23.5 Å². The van der Waals surface area contributed by atoms with Crippen LogP contribution in [0.2, 0.25) is 0 Å². The Morgan fingerprint density at radius 1 is 0.675 bits per heavy atom. The fourth-order valence-corrected chi connectivity index (χ4v) is 11.9. The monoisotopic (exact) mass is 1220 g/mol. The second-order valence-corrected chi connectivity index (χ2v) is 23.9. The molecular weight excluding hydrogens is 1150 g/mol. The molecule has 0 spiro atoms. The quantitative estimate of drug-likeness (QED) is 0.00627. The van der Waals surface area contributed by atoms with Crippen molar-refractivity contribution >= 4 is 105 Å². The van der Waals surface area contributed by atoms with E-state index in [1.807, 2.05) is 12.6 Å². The third kappa shape index (κ3) is 32.6. The predicted octanol–water partition coefficient (Wildman–Crippen LogP) is 11.6. The zero-order valence-electron chi connectivity index (χ0n) is 44.7. The number of hydrogen-bond donors (Lipinski definition) is 1. The van der Waals surface area contributed by atoms with E-state index in [1.54, 1.807) is 43.2 Å². The van der Waals surface area contributed by atoms with Gasteiger partial charge in [-0.2, -0.15) is 0 Å². The summed E-state index contributed by atoms with van der Waals surface area (Å²) in [4.78, 5) is 65.4. The van der Waals surface area contributed by atoms with Crippen LogP contribution >= 0.6 is 63.1 Å². The molecule has 4 atom stereocenters. The van der Waals surface area contributed by atoms with Gasteiger partial charge in [-0.05, 0) is 119 Å². The molecule has 0 bridgehead atoms. The topological polar surface area (TPSA) is 276 Å². The highest BCUT2D eigenvalue weighted by molar-refractivity contribution is 8.77. The number of fused-ring (bicyclic) bond motifs is 2. The van der Waals surface area contributed by atoms with Gasteiger partial charge in [0.2, 0.25) is 0 Å². The van der Waals surface area contributed by atoms with Crippen LogP contribution in [0.1, 0.15) is 77.0 Å². The molecule has 2 saturated carbocycles. The number of carbonyl (C=O) groups excluding carboxylic acids is 4. The molecule has 1 N–H and O–H groups in total. The Morgan fingerprint density at radius 2 is 1.09 bits per heavy atom. The molecule has 80 heavy (non-hydrogen) atoms. The number of non-ortho nitro benzene ring substituents is 2. The molecule has 2 fully saturated rings. The predicted molar refractivity (Wildman–Crippen MR) is 314 cm³/mol. The standard InChI is InChI=1S/C25H31NO8S2.C18H28O4S2.C7H4ClNO4.C3H5BN2P/c27-24(33-18-23-21-6-3-1-2-4-7-22(21)23)8-5-13-31-14-16-35-36-17-15-32-25(28)34-20-11-9-19(10-12-20)26(29)30;19-9-12-23-24-13-11-21-10-5-8-18(20)22-14-17-15-6-3-1-2-4-7-16(15)17;8-7(10)13-6-3-1-5(2-4-6)9(11)12;1-7-6-3-4-2-5/h9-12,21-23H,3-8,13-18H2;15-17,19H,3-14H2;1-4H;3H2,1H3. The molecule has 2 aromatic carbocycles. The minimum absolute atomic E-state index is 0.0747. The van der Waals surface area contributed by atoms with Gasteiger partial charge in [0.1, 0.15) is 18.1 Å². The number of esters is 2. The minimum Gasteiger partial charge on any atom is -0.465 e. The first-order valence-electron chi connectivity index (χ1n) is 26.0. The summed E-state index contributed by atoms with van der Waals surface area (Å²) in [7, 11) is 8.98. The average Bonchev–Trinajstić information content (AvgIpc) is 4.45. The van der Waals surface area contributed by atoms with Gasteiger partial charge in [0, 0.05) is 117 Å². The highest BCUT2D eigenvalue weighted by Gasteiger charge is 2.50. The number of halogens is 1. The smallest absolute Gasteiger partial charge is 0.465 e. The van der Waals surface area contributed by atoms with Crippen LogP contribution in [0.5, 0.6) is 11.5 Å². The zero-order chi connectivity index (χ0) is 58.0. The SMILES string of the molecule is CP=NC[B]C#N.O=C(CCCOCCSSCCO)OCC1C2CCC#CCCC21.O=C(CCCOCCSSCCOC(=O)Oc1ccc([N+](=O)[O-])cc1)OCC1C2CCC#CCCC21.O=C(Cl)Oc1ccc([N+](=O)[O-])cc1. The molecule has 2 aromatic rings. The Balaban J connectivity index is 0.000000325. The molecule has 4 aliphatic carbocycles. The molecule has 27 heteroatoms. The number of nitriles is 1. The van der Waals surface area contributed by atoms with Gasteiger partial charge in [-0.25, -0.2) is 14.9 Å². The third-order valence-electron chi connectivity index (χ3n) is 12.1. The molecule has 0 amide bonds. The van der Waals surface area contributed by atoms with E-state index in [1.165, 1.54) is 68.7 Å². The summed E-state index contributed by atoms with van der Waals surface area (Å²) < 4.78 is 40.2. The Labute approximate surface area is 491 Å². The van der Waals surface area contributed by atoms with E-state index in [9.17, 15) is 39.4 Å². The van der Waals surface area contributed by atoms with E-state index in [4.69, 9.17) is 50.4 Å². The van der Waals surface area contributed by atoms with Gasteiger partial charge in [-0.1, -0.05) is 43.2 Å². The number of aliphatic hydroxyl groups excluding tert-OH is 1. The molecule has 435 valence electrons. The lowest BCUT2D eigenvalue weighted by Crippen LogP contribution is -2.12. The summed E-state index contributed by atoms with van der Waals surface area (Å²) in [6, 6.07) is 10.2. The highest BCUT2D eigenvalue weighted by atomic mass is 35.5. The zero-order valence-corrected chi connectivity index (χ0v) is 49.6. The first-order valence-corrected chi connectivity index (χ1v) is 32.7. The summed E-state index contributed by atoms with van der Waals surface area (Å²) >= 11 is 4.92. The second kappa shape index (κ2) is 43.9. The number of ether oxygens (including phenoxy) is 7. The van der Waals surface area contributed by atoms with Crippen LogP contribution < -0.4 is 9.47 Å². The van der Waals surface area contributed by atoms with Gasteiger partial charge < -0.3 is 38.3 Å². The van der Waals surface area contributed by atoms with Crippen molar-refractivity contribution in [1.29, 1.82) is 5.26 Å². The number of nitro benzene ring substituents is 2. The Bertz CT molecular complexity index is 2360. The molecule has 6 rings (SSSR count). The van der Waals surface area contributed by atoms with Crippen LogP contribution in [-0.4, -0.2) is 135 Å². The maximum Gasteiger partial charge on any atom is 0.513 e. The van der Waals surface area contributed by atoms with Crippen molar-refractivity contribution in [1.82, 2.24) is 0 Å². The van der Waals surface area contributed by atoms with Crippen LogP contribution in [0.15, 0.2) is 53.3 Å². The van der Waals surface area contributed by atoms with Crippen molar-refractivity contribution in [3.8, 4) is 41.1 Å². The molecule has 4 unspecified atom stereocenters. The molecule has 0 heterocycles. The lowest BCUT2D eigenvalue weighted by atomic mass is 9.82. The van der Waals surface area contributed by atoms with Crippen molar-refractivity contribution in [2.45, 2.75) is 77.0 Å². The normalized spacial score (nSPS) is 18.8. The number of rotatable bonds is 31. The fourth-order valence-electron chi connectivity index (χ4n) is 8.20. The molecule has 4 aliphatic rings. The lowest BCUT2D eigenvalue weighted by Gasteiger charge is -2.06. The summed E-state index contributed by atoms with van der Waals surface area (Å²) in [5.41, 5.74) is -1.14. The van der Waals surface area contributed by atoms with E-state index in [2.05, 4.69) is 33.2 Å². The number of nitrogens with zero attached hydrogens (tertiary/aromatic N) is 4. The van der Waals surface area contributed by atoms with E-state index in [0.717, 1.165) is 82.4 Å². The van der Waals surface area contributed by atoms with Crippen molar-refractivity contribution in [3.05, 3.63) is 68.8 Å². The number of aliphatic hydroxyl groups is 1. The number of benzene rings is 2. The van der Waals surface area contributed by atoms with Gasteiger partial charge in [-0.3, -0.25) is 34.6 Å². The first-order chi connectivity index (χ1) is 38.9. The largest absolute Gasteiger partial charge is 0.513 e. The van der Waals surface area contributed by atoms with Crippen LogP contribution in [0, 0.1) is 90.6 Å². The van der Waals surface area contributed by atoms with Crippen LogP contribution in [0.25, 0.3) is 0 Å². The number of nitro groups is 2. The molecule has 20 nitrogen and oxygen atoms in total. The van der Waals surface area contributed by atoms with E-state index >= 15 is 0 Å². The maximum atomic E-state index is 12.0. The van der Waals surface area contributed by atoms with Crippen molar-refractivity contribution in [2.75, 3.05) is 89.0 Å². The summed E-state index contributed by atoms with van der Waals surface area (Å²) in [5, 5.41) is 37.4. The summed E-state index contributed by atoms with van der Waals surface area (Å²) in [6.07, 6.45) is 10.4. The molecular formula is C53H68BClN4O16PS4.